The van der Waals surface area contributed by atoms with Gasteiger partial charge in [-0.05, 0) is 24.3 Å². The van der Waals surface area contributed by atoms with Gasteiger partial charge >= 0.3 is 11.9 Å². The largest absolute Gasteiger partial charge is 0.481 e. The normalized spacial score (nSPS) is 11.8. The molecule has 0 amide bonds. The molecule has 0 saturated heterocycles. The zero-order valence-electron chi connectivity index (χ0n) is 23.0. The van der Waals surface area contributed by atoms with Crippen molar-refractivity contribution < 1.29 is 19.8 Å². The topological polar surface area (TPSA) is 123 Å². The zero-order chi connectivity index (χ0) is 26.5. The van der Waals surface area contributed by atoms with E-state index in [0.29, 0.717) is 25.3 Å². The fraction of sp³-hybridized carbons (Fsp3) is 0.931. The van der Waals surface area contributed by atoms with Crippen LogP contribution in [0.4, 0.5) is 0 Å². The van der Waals surface area contributed by atoms with E-state index >= 15 is 0 Å². The van der Waals surface area contributed by atoms with Gasteiger partial charge in [0.25, 0.3) is 0 Å². The smallest absolute Gasteiger partial charge is 0.303 e. The molecule has 0 aromatic heterocycles. The fourth-order valence-corrected chi connectivity index (χ4v) is 4.90. The molecule has 1 atom stereocenters. The van der Waals surface area contributed by atoms with Crippen LogP contribution in [0.2, 0.25) is 0 Å². The van der Waals surface area contributed by atoms with E-state index in [1.54, 1.807) is 0 Å². The summed E-state index contributed by atoms with van der Waals surface area (Å²) in [5.74, 6) is -0.826. The Labute approximate surface area is 220 Å². The first-order valence-corrected chi connectivity index (χ1v) is 15.0. The predicted molar refractivity (Wildman–Crippen MR) is 148 cm³/mol. The number of nitrogens with zero attached hydrogens (tertiary/aromatic N) is 3. The van der Waals surface area contributed by atoms with Crippen molar-refractivity contribution in [2.24, 2.45) is 11.0 Å². The molecule has 0 heterocycles. The molecule has 210 valence electrons. The number of carbonyl (C=O) groups is 2. The second-order valence-corrected chi connectivity index (χ2v) is 10.6. The number of rotatable bonds is 29. The number of hydrogen-bond acceptors (Lipinski definition) is 3. The fourth-order valence-electron chi connectivity index (χ4n) is 4.90. The highest BCUT2D eigenvalue weighted by Gasteiger charge is 2.07. The highest BCUT2D eigenvalue weighted by atomic mass is 16.4. The minimum absolute atomic E-state index is 0.307. The van der Waals surface area contributed by atoms with Crippen LogP contribution in [0.1, 0.15) is 161 Å². The lowest BCUT2D eigenvalue weighted by atomic mass is 9.94. The van der Waals surface area contributed by atoms with Gasteiger partial charge in [0, 0.05) is 24.3 Å². The van der Waals surface area contributed by atoms with Gasteiger partial charge in [-0.15, -0.1) is 0 Å². The maximum atomic E-state index is 10.5. The van der Waals surface area contributed by atoms with Gasteiger partial charge in [0.15, 0.2) is 0 Å². The SMILES string of the molecule is [N-]=[N+]=NCC(CCCCCCCCCCCCCC(=O)O)CCCCCCCCCCCCC(=O)O. The van der Waals surface area contributed by atoms with E-state index in [4.69, 9.17) is 15.7 Å². The quantitative estimate of drug-likeness (QED) is 0.0450. The van der Waals surface area contributed by atoms with E-state index in [9.17, 15) is 9.59 Å². The summed E-state index contributed by atoms with van der Waals surface area (Å²) in [5, 5.41) is 21.1. The van der Waals surface area contributed by atoms with Crippen LogP contribution in [-0.4, -0.2) is 28.7 Å². The van der Waals surface area contributed by atoms with E-state index in [1.807, 2.05) is 0 Å². The number of aliphatic carboxylic acids is 2. The molecule has 0 aromatic carbocycles. The minimum atomic E-state index is -0.682. The zero-order valence-corrected chi connectivity index (χ0v) is 23.0. The summed E-state index contributed by atoms with van der Waals surface area (Å²) in [7, 11) is 0. The van der Waals surface area contributed by atoms with Crippen LogP contribution < -0.4 is 0 Å². The molecule has 7 heteroatoms. The van der Waals surface area contributed by atoms with Crippen LogP contribution >= 0.6 is 0 Å². The molecular weight excluding hydrogens is 454 g/mol. The van der Waals surface area contributed by atoms with Gasteiger partial charge in [0.2, 0.25) is 0 Å². The molecule has 0 aliphatic carbocycles. The Morgan fingerprint density at radius 3 is 1.08 bits per heavy atom. The molecule has 36 heavy (non-hydrogen) atoms. The molecule has 0 saturated carbocycles. The Hall–Kier alpha value is -1.75. The van der Waals surface area contributed by atoms with Crippen LogP contribution in [0.5, 0.6) is 0 Å². The Bertz CT molecular complexity index is 565. The average molecular weight is 510 g/mol. The van der Waals surface area contributed by atoms with Crippen molar-refractivity contribution in [1.82, 2.24) is 0 Å². The third-order valence-electron chi connectivity index (χ3n) is 7.16. The number of hydrogen-bond donors (Lipinski definition) is 2. The third-order valence-corrected chi connectivity index (χ3v) is 7.16. The molecule has 0 fully saturated rings. The van der Waals surface area contributed by atoms with Crippen LogP contribution in [-0.2, 0) is 9.59 Å². The number of carboxylic acid groups (broad SMARTS) is 2. The van der Waals surface area contributed by atoms with Gasteiger partial charge < -0.3 is 10.2 Å². The highest BCUT2D eigenvalue weighted by molar-refractivity contribution is 5.66. The van der Waals surface area contributed by atoms with Crippen LogP contribution in [0.15, 0.2) is 5.11 Å². The first kappa shape index (κ1) is 34.2. The van der Waals surface area contributed by atoms with E-state index in [1.165, 1.54) is 109 Å². The van der Waals surface area contributed by atoms with Gasteiger partial charge in [0.05, 0.1) is 0 Å². The maximum absolute atomic E-state index is 10.5. The van der Waals surface area contributed by atoms with E-state index in [0.717, 1.165) is 38.5 Å². The van der Waals surface area contributed by atoms with Gasteiger partial charge in [0.1, 0.15) is 0 Å². The lowest BCUT2D eigenvalue weighted by molar-refractivity contribution is -0.138. The lowest BCUT2D eigenvalue weighted by Crippen LogP contribution is -2.04. The van der Waals surface area contributed by atoms with Crippen molar-refractivity contribution in [3.8, 4) is 0 Å². The van der Waals surface area contributed by atoms with Gasteiger partial charge in [-0.3, -0.25) is 9.59 Å². The molecule has 0 bridgehead atoms. The summed E-state index contributed by atoms with van der Waals surface area (Å²) in [5.41, 5.74) is 8.70. The summed E-state index contributed by atoms with van der Waals surface area (Å²) in [6.07, 6.45) is 28.1. The first-order valence-electron chi connectivity index (χ1n) is 15.0. The number of unbranched alkanes of at least 4 members (excludes halogenated alkanes) is 19. The molecule has 0 rings (SSSR count). The molecule has 0 aliphatic rings. The van der Waals surface area contributed by atoms with Crippen molar-refractivity contribution in [2.45, 2.75) is 161 Å². The average Bonchev–Trinajstić information content (AvgIpc) is 2.85. The van der Waals surface area contributed by atoms with Gasteiger partial charge in [-0.1, -0.05) is 140 Å². The Morgan fingerprint density at radius 2 is 0.806 bits per heavy atom. The van der Waals surface area contributed by atoms with Crippen LogP contribution in [0.25, 0.3) is 10.4 Å². The Kier molecular flexibility index (Phi) is 26.5. The number of carboxylic acids is 2. The summed E-state index contributed by atoms with van der Waals surface area (Å²) in [6, 6.07) is 0. The molecule has 7 nitrogen and oxygen atoms in total. The Morgan fingerprint density at radius 1 is 0.528 bits per heavy atom. The monoisotopic (exact) mass is 509 g/mol. The van der Waals surface area contributed by atoms with Crippen molar-refractivity contribution >= 4 is 11.9 Å². The van der Waals surface area contributed by atoms with Gasteiger partial charge in [-0.25, -0.2) is 0 Å². The second-order valence-electron chi connectivity index (χ2n) is 10.6. The van der Waals surface area contributed by atoms with Crippen molar-refractivity contribution in [3.05, 3.63) is 10.4 Å². The van der Waals surface area contributed by atoms with Gasteiger partial charge in [-0.2, -0.15) is 0 Å². The second kappa shape index (κ2) is 27.8. The number of azide groups is 1. The molecule has 1 unspecified atom stereocenters. The van der Waals surface area contributed by atoms with Crippen molar-refractivity contribution in [1.29, 1.82) is 0 Å². The summed E-state index contributed by atoms with van der Waals surface area (Å²) in [6.45, 7) is 0.644. The van der Waals surface area contributed by atoms with Crippen molar-refractivity contribution in [3.63, 3.8) is 0 Å². The molecule has 0 aromatic rings. The molecular formula is C29H55N3O4. The lowest BCUT2D eigenvalue weighted by Gasteiger charge is -2.14. The molecule has 0 aliphatic heterocycles. The van der Waals surface area contributed by atoms with E-state index < -0.39 is 11.9 Å². The summed E-state index contributed by atoms with van der Waals surface area (Å²) >= 11 is 0. The summed E-state index contributed by atoms with van der Waals surface area (Å²) in [4.78, 5) is 23.9. The molecule has 2 N–H and O–H groups in total. The highest BCUT2D eigenvalue weighted by Crippen LogP contribution is 2.20. The van der Waals surface area contributed by atoms with Crippen molar-refractivity contribution in [2.75, 3.05) is 6.54 Å². The Balaban J connectivity index is 3.54. The van der Waals surface area contributed by atoms with Crippen LogP contribution in [0, 0.1) is 5.92 Å². The maximum Gasteiger partial charge on any atom is 0.303 e. The first-order chi connectivity index (χ1) is 17.6. The molecule has 0 spiro atoms. The van der Waals surface area contributed by atoms with E-state index in [-0.39, 0.29) is 0 Å². The predicted octanol–water partition coefficient (Wildman–Crippen LogP) is 9.83. The van der Waals surface area contributed by atoms with Crippen LogP contribution in [0.3, 0.4) is 0 Å². The summed E-state index contributed by atoms with van der Waals surface area (Å²) < 4.78 is 0. The molecule has 0 radical (unpaired) electrons. The minimum Gasteiger partial charge on any atom is -0.481 e. The van der Waals surface area contributed by atoms with E-state index in [2.05, 4.69) is 10.0 Å². The standard InChI is InChI=1S/C29H55N3O4/c30-32-31-26-27(23-19-15-11-7-4-5-9-13-17-21-25-29(35)36)22-18-14-10-6-2-1-3-8-12-16-20-24-28(33)34/h27H,1-26H2,(H,33,34)(H,35,36). The third kappa shape index (κ3) is 28.5.